The summed E-state index contributed by atoms with van der Waals surface area (Å²) in [6.45, 7) is 3.81. The monoisotopic (exact) mass is 526 g/mol. The Labute approximate surface area is 219 Å². The fraction of sp³-hybridized carbons (Fsp3) is 0.808. The van der Waals surface area contributed by atoms with Crippen LogP contribution in [0, 0.1) is 12.3 Å². The maximum absolute atomic E-state index is 12.1. The molecule has 0 aromatic heterocycles. The zero-order valence-corrected chi connectivity index (χ0v) is 22.1. The van der Waals surface area contributed by atoms with Gasteiger partial charge in [-0.15, -0.1) is 12.3 Å². The number of ether oxygens (including phenoxy) is 4. The SMILES string of the molecule is C#CCCC(=O)CCOCCOCCOCCOCCCC(=O)CCCC[C@@H]1SC[C@@H]2NC(=O)N[C@@H]21. The summed E-state index contributed by atoms with van der Waals surface area (Å²) in [7, 11) is 0. The van der Waals surface area contributed by atoms with Crippen molar-refractivity contribution in [1.82, 2.24) is 10.6 Å². The van der Waals surface area contributed by atoms with E-state index in [0.717, 1.165) is 31.4 Å². The number of hydrogen-bond donors (Lipinski definition) is 2. The van der Waals surface area contributed by atoms with Gasteiger partial charge in [0.2, 0.25) is 0 Å². The molecule has 2 fully saturated rings. The van der Waals surface area contributed by atoms with Crippen LogP contribution in [0.3, 0.4) is 0 Å². The Morgan fingerprint density at radius 3 is 2.11 bits per heavy atom. The summed E-state index contributed by atoms with van der Waals surface area (Å²) in [6, 6.07) is 0.453. The van der Waals surface area contributed by atoms with Crippen LogP contribution in [0.2, 0.25) is 0 Å². The van der Waals surface area contributed by atoms with Gasteiger partial charge in [-0.25, -0.2) is 4.79 Å². The van der Waals surface area contributed by atoms with Gasteiger partial charge in [0.15, 0.2) is 0 Å². The summed E-state index contributed by atoms with van der Waals surface area (Å²) in [4.78, 5) is 34.9. The lowest BCUT2D eigenvalue weighted by molar-refractivity contribution is -0.120. The number of carbonyl (C=O) groups is 3. The number of amides is 2. The number of ketones is 2. The Morgan fingerprint density at radius 2 is 1.42 bits per heavy atom. The van der Waals surface area contributed by atoms with E-state index in [-0.39, 0.29) is 23.9 Å². The van der Waals surface area contributed by atoms with Gasteiger partial charge in [-0.1, -0.05) is 6.42 Å². The third-order valence-corrected chi connectivity index (χ3v) is 7.57. The molecule has 3 atom stereocenters. The molecule has 2 saturated heterocycles. The fourth-order valence-corrected chi connectivity index (χ4v) is 5.64. The highest BCUT2D eigenvalue weighted by Crippen LogP contribution is 2.33. The molecule has 0 aromatic rings. The predicted molar refractivity (Wildman–Crippen MR) is 139 cm³/mol. The minimum Gasteiger partial charge on any atom is -0.379 e. The van der Waals surface area contributed by atoms with Crippen molar-refractivity contribution in [3.05, 3.63) is 0 Å². The predicted octanol–water partition coefficient (Wildman–Crippen LogP) is 2.50. The molecule has 2 heterocycles. The lowest BCUT2D eigenvalue weighted by Gasteiger charge is -2.16. The van der Waals surface area contributed by atoms with E-state index in [1.54, 1.807) is 0 Å². The van der Waals surface area contributed by atoms with Crippen LogP contribution in [0.25, 0.3) is 0 Å². The molecule has 0 unspecified atom stereocenters. The molecule has 36 heavy (non-hydrogen) atoms. The van der Waals surface area contributed by atoms with Crippen molar-refractivity contribution in [3.63, 3.8) is 0 Å². The van der Waals surface area contributed by atoms with Gasteiger partial charge in [0.05, 0.1) is 58.3 Å². The van der Waals surface area contributed by atoms with Gasteiger partial charge in [-0.3, -0.25) is 9.59 Å². The molecular weight excluding hydrogens is 484 g/mol. The summed E-state index contributed by atoms with van der Waals surface area (Å²) in [6.07, 6.45) is 11.3. The van der Waals surface area contributed by atoms with Crippen LogP contribution in [0.15, 0.2) is 0 Å². The van der Waals surface area contributed by atoms with Crippen LogP contribution in [-0.2, 0) is 28.5 Å². The highest BCUT2D eigenvalue weighted by Gasteiger charge is 2.42. The molecule has 204 valence electrons. The normalized spacial score (nSPS) is 20.5. The summed E-state index contributed by atoms with van der Waals surface area (Å²) >= 11 is 1.92. The van der Waals surface area contributed by atoms with E-state index in [0.29, 0.717) is 96.0 Å². The first-order valence-electron chi connectivity index (χ1n) is 13.1. The molecule has 9 nitrogen and oxygen atoms in total. The van der Waals surface area contributed by atoms with E-state index in [1.165, 1.54) is 0 Å². The summed E-state index contributed by atoms with van der Waals surface area (Å²) in [5, 5.41) is 6.42. The molecule has 0 aromatic carbocycles. The average molecular weight is 527 g/mol. The summed E-state index contributed by atoms with van der Waals surface area (Å²) in [5.74, 6) is 3.84. The molecule has 0 saturated carbocycles. The number of Topliss-reactive ketones (excluding diaryl/α,β-unsaturated/α-hetero) is 2. The Bertz CT molecular complexity index is 700. The van der Waals surface area contributed by atoms with Gasteiger partial charge in [0, 0.05) is 49.7 Å². The van der Waals surface area contributed by atoms with Crippen molar-refractivity contribution in [2.75, 3.05) is 58.6 Å². The molecule has 0 aliphatic carbocycles. The van der Waals surface area contributed by atoms with Crippen molar-refractivity contribution in [1.29, 1.82) is 0 Å². The van der Waals surface area contributed by atoms with Crippen LogP contribution in [0.5, 0.6) is 0 Å². The molecule has 2 amide bonds. The van der Waals surface area contributed by atoms with Crippen LogP contribution < -0.4 is 10.6 Å². The number of urea groups is 1. The van der Waals surface area contributed by atoms with Crippen molar-refractivity contribution < 1.29 is 33.3 Å². The van der Waals surface area contributed by atoms with Crippen molar-refractivity contribution in [2.45, 2.75) is 75.1 Å². The van der Waals surface area contributed by atoms with Gasteiger partial charge in [-0.2, -0.15) is 11.8 Å². The van der Waals surface area contributed by atoms with E-state index < -0.39 is 0 Å². The molecular formula is C26H42N2O7S. The zero-order chi connectivity index (χ0) is 25.8. The highest BCUT2D eigenvalue weighted by molar-refractivity contribution is 8.00. The first-order valence-corrected chi connectivity index (χ1v) is 14.1. The molecule has 10 heteroatoms. The second kappa shape index (κ2) is 19.5. The largest absolute Gasteiger partial charge is 0.379 e. The van der Waals surface area contributed by atoms with Crippen molar-refractivity contribution in [2.24, 2.45) is 0 Å². The second-order valence-corrected chi connectivity index (χ2v) is 10.2. The molecule has 2 aliphatic rings. The minimum atomic E-state index is -0.0506. The number of nitrogens with one attached hydrogen (secondary N) is 2. The van der Waals surface area contributed by atoms with E-state index >= 15 is 0 Å². The molecule has 2 aliphatic heterocycles. The Morgan fingerprint density at radius 1 is 0.806 bits per heavy atom. The number of thioether (sulfide) groups is 1. The van der Waals surface area contributed by atoms with Gasteiger partial charge in [0.25, 0.3) is 0 Å². The zero-order valence-electron chi connectivity index (χ0n) is 21.3. The fourth-order valence-electron chi connectivity index (χ4n) is 4.09. The second-order valence-electron chi connectivity index (χ2n) is 8.95. The Kier molecular flexibility index (Phi) is 16.5. The third-order valence-electron chi connectivity index (χ3n) is 6.07. The molecule has 2 rings (SSSR count). The highest BCUT2D eigenvalue weighted by atomic mass is 32.2. The van der Waals surface area contributed by atoms with Crippen LogP contribution in [0.4, 0.5) is 4.79 Å². The maximum Gasteiger partial charge on any atom is 0.315 e. The standard InChI is InChI=1S/C26H42N2O7S/c1-2-3-7-22(30)11-13-33-15-17-35-19-18-34-16-14-32-12-6-9-21(29)8-4-5-10-24-25-23(20-36-24)27-26(31)28-25/h1,23-25H,3-20H2,(H2,27,28,31)/t23-,24-,25-/m0/s1. The number of carbonyl (C=O) groups excluding carboxylic acids is 3. The topological polar surface area (TPSA) is 112 Å². The van der Waals surface area contributed by atoms with Crippen molar-refractivity contribution >= 4 is 29.4 Å². The van der Waals surface area contributed by atoms with E-state index in [1.807, 2.05) is 11.8 Å². The smallest absolute Gasteiger partial charge is 0.315 e. The first kappa shape index (κ1) is 30.6. The molecule has 0 spiro atoms. The minimum absolute atomic E-state index is 0.0506. The number of rotatable bonds is 23. The third kappa shape index (κ3) is 13.6. The van der Waals surface area contributed by atoms with Gasteiger partial charge in [0.1, 0.15) is 11.6 Å². The van der Waals surface area contributed by atoms with Crippen LogP contribution >= 0.6 is 11.8 Å². The van der Waals surface area contributed by atoms with Gasteiger partial charge < -0.3 is 29.6 Å². The Hall–Kier alpha value is -1.64. The number of fused-ring (bicyclic) bond motifs is 1. The maximum atomic E-state index is 12.1. The lowest BCUT2D eigenvalue weighted by atomic mass is 10.0. The lowest BCUT2D eigenvalue weighted by Crippen LogP contribution is -2.36. The summed E-state index contributed by atoms with van der Waals surface area (Å²) < 4.78 is 21.7. The molecule has 2 N–H and O–H groups in total. The average Bonchev–Trinajstić information content (AvgIpc) is 3.42. The molecule has 0 radical (unpaired) electrons. The summed E-state index contributed by atoms with van der Waals surface area (Å²) in [5.41, 5.74) is 0. The van der Waals surface area contributed by atoms with E-state index in [2.05, 4.69) is 16.6 Å². The molecule has 0 bridgehead atoms. The quantitative estimate of drug-likeness (QED) is 0.119. The number of hydrogen-bond acceptors (Lipinski definition) is 8. The number of terminal acetylenes is 1. The van der Waals surface area contributed by atoms with Crippen LogP contribution in [0.1, 0.15) is 57.8 Å². The Balaban J connectivity index is 1.26. The van der Waals surface area contributed by atoms with Crippen molar-refractivity contribution in [3.8, 4) is 12.3 Å². The van der Waals surface area contributed by atoms with Crippen LogP contribution in [-0.4, -0.2) is 93.5 Å². The number of unbranched alkanes of at least 4 members (excludes halogenated alkanes) is 1. The van der Waals surface area contributed by atoms with Gasteiger partial charge >= 0.3 is 6.03 Å². The van der Waals surface area contributed by atoms with E-state index in [9.17, 15) is 14.4 Å². The first-order chi connectivity index (χ1) is 17.6. The van der Waals surface area contributed by atoms with Gasteiger partial charge in [-0.05, 0) is 19.3 Å². The van der Waals surface area contributed by atoms with E-state index in [4.69, 9.17) is 25.4 Å².